The maximum atomic E-state index is 14.2. The van der Waals surface area contributed by atoms with E-state index in [2.05, 4.69) is 10.3 Å². The lowest BCUT2D eigenvalue weighted by Gasteiger charge is -2.13. The summed E-state index contributed by atoms with van der Waals surface area (Å²) in [4.78, 5) is 3.19. The van der Waals surface area contributed by atoms with Gasteiger partial charge in [0.25, 0.3) is 0 Å². The number of aromatic nitrogens is 2. The molecule has 1 aromatic carbocycles. The van der Waals surface area contributed by atoms with E-state index < -0.39 is 11.6 Å². The van der Waals surface area contributed by atoms with Crippen molar-refractivity contribution in [2.24, 2.45) is 0 Å². The van der Waals surface area contributed by atoms with Gasteiger partial charge >= 0.3 is 0 Å². The van der Waals surface area contributed by atoms with Gasteiger partial charge in [-0.1, -0.05) is 11.6 Å². The van der Waals surface area contributed by atoms with Gasteiger partial charge in [-0.25, -0.2) is 8.78 Å². The zero-order chi connectivity index (χ0) is 15.9. The molecule has 1 aliphatic rings. The number of likely N-dealkylation sites (N-methyl/N-ethyl adjacent to an activating group) is 1. The van der Waals surface area contributed by atoms with Crippen LogP contribution in [0, 0.1) is 16.4 Å². The predicted octanol–water partition coefficient (Wildman–Crippen LogP) is 4.00. The first-order valence-electron chi connectivity index (χ1n) is 7.11. The number of fused-ring (bicyclic) bond motifs is 1. The lowest BCUT2D eigenvalue weighted by Crippen LogP contribution is -2.12. The van der Waals surface area contributed by atoms with Crippen LogP contribution in [0.5, 0.6) is 0 Å². The molecule has 3 rings (SSSR count). The standard InChI is InChI=1S/C15H16ClF2N3S.ClH/c1-19-5-4-11-12-6-8(7-21(12)15(22)20-11)13-10(17)3-2-9(16)14(13)18;/h2-3,8,19H,4-7H2,1H3,(H,20,22);1H. The number of rotatable bonds is 4. The molecule has 1 unspecified atom stereocenters. The van der Waals surface area contributed by atoms with Crippen molar-refractivity contribution in [2.45, 2.75) is 25.3 Å². The third-order valence-electron chi connectivity index (χ3n) is 4.13. The molecule has 1 aliphatic heterocycles. The zero-order valence-electron chi connectivity index (χ0n) is 12.5. The molecule has 2 N–H and O–H groups in total. The number of imidazole rings is 1. The van der Waals surface area contributed by atoms with Crippen LogP contribution in [0.25, 0.3) is 0 Å². The van der Waals surface area contributed by atoms with Crippen molar-refractivity contribution in [1.82, 2.24) is 14.9 Å². The van der Waals surface area contributed by atoms with Crippen LogP contribution in [-0.4, -0.2) is 23.1 Å². The number of nitrogens with zero attached hydrogens (tertiary/aromatic N) is 1. The van der Waals surface area contributed by atoms with E-state index in [0.29, 0.717) is 17.7 Å². The number of benzene rings is 1. The monoisotopic (exact) mass is 379 g/mol. The van der Waals surface area contributed by atoms with Gasteiger partial charge in [-0.05, 0) is 37.8 Å². The minimum atomic E-state index is -0.663. The van der Waals surface area contributed by atoms with Crippen molar-refractivity contribution < 1.29 is 8.78 Å². The Kier molecular flexibility index (Phi) is 5.84. The van der Waals surface area contributed by atoms with Crippen LogP contribution in [0.2, 0.25) is 5.02 Å². The summed E-state index contributed by atoms with van der Waals surface area (Å²) in [5, 5.41) is 3.04. The van der Waals surface area contributed by atoms with E-state index in [9.17, 15) is 8.78 Å². The van der Waals surface area contributed by atoms with Gasteiger partial charge < -0.3 is 14.9 Å². The topological polar surface area (TPSA) is 32.8 Å². The molecule has 3 nitrogen and oxygen atoms in total. The largest absolute Gasteiger partial charge is 0.334 e. The lowest BCUT2D eigenvalue weighted by molar-refractivity contribution is 0.513. The number of halogens is 4. The highest BCUT2D eigenvalue weighted by atomic mass is 35.5. The summed E-state index contributed by atoms with van der Waals surface area (Å²) in [7, 11) is 1.88. The fourth-order valence-electron chi connectivity index (χ4n) is 3.07. The Morgan fingerprint density at radius 3 is 2.87 bits per heavy atom. The van der Waals surface area contributed by atoms with Gasteiger partial charge in [0.05, 0.1) is 5.02 Å². The fourth-order valence-corrected chi connectivity index (χ4v) is 3.54. The van der Waals surface area contributed by atoms with E-state index in [0.717, 1.165) is 24.4 Å². The van der Waals surface area contributed by atoms with E-state index in [1.54, 1.807) is 0 Å². The van der Waals surface area contributed by atoms with E-state index >= 15 is 0 Å². The second-order valence-electron chi connectivity index (χ2n) is 5.48. The third kappa shape index (κ3) is 3.31. The second-order valence-corrected chi connectivity index (χ2v) is 6.27. The number of aromatic amines is 1. The minimum Gasteiger partial charge on any atom is -0.334 e. The molecule has 0 radical (unpaired) electrons. The van der Waals surface area contributed by atoms with Gasteiger partial charge in [0.1, 0.15) is 11.6 Å². The number of H-pyrrole nitrogens is 1. The van der Waals surface area contributed by atoms with Gasteiger partial charge in [-0.2, -0.15) is 0 Å². The normalized spacial score (nSPS) is 16.3. The smallest absolute Gasteiger partial charge is 0.177 e. The SMILES string of the molecule is CNCCc1[nH]c(=S)n2c1CC(c1c(F)ccc(Cl)c1F)C2.Cl. The van der Waals surface area contributed by atoms with Crippen molar-refractivity contribution in [2.75, 3.05) is 13.6 Å². The first kappa shape index (κ1) is 18.4. The van der Waals surface area contributed by atoms with Crippen LogP contribution in [-0.2, 0) is 19.4 Å². The van der Waals surface area contributed by atoms with E-state index in [4.69, 9.17) is 23.8 Å². The van der Waals surface area contributed by atoms with Gasteiger partial charge in [-0.15, -0.1) is 12.4 Å². The summed E-state index contributed by atoms with van der Waals surface area (Å²) in [6, 6.07) is 2.46. The van der Waals surface area contributed by atoms with E-state index in [1.165, 1.54) is 12.1 Å². The Balaban J connectivity index is 0.00000192. The molecule has 0 saturated heterocycles. The van der Waals surface area contributed by atoms with Crippen molar-refractivity contribution >= 4 is 36.2 Å². The highest BCUT2D eigenvalue weighted by Crippen LogP contribution is 2.36. The van der Waals surface area contributed by atoms with E-state index in [1.807, 2.05) is 11.6 Å². The quantitative estimate of drug-likeness (QED) is 0.621. The zero-order valence-corrected chi connectivity index (χ0v) is 14.8. The van der Waals surface area contributed by atoms with Crippen molar-refractivity contribution in [3.8, 4) is 0 Å². The Hall–Kier alpha value is -0.950. The summed E-state index contributed by atoms with van der Waals surface area (Å²) >= 11 is 11.1. The number of hydrogen-bond donors (Lipinski definition) is 2. The highest BCUT2D eigenvalue weighted by molar-refractivity contribution is 7.71. The average Bonchev–Trinajstić information content (AvgIpc) is 3.03. The maximum Gasteiger partial charge on any atom is 0.177 e. The first-order valence-corrected chi connectivity index (χ1v) is 7.90. The van der Waals surface area contributed by atoms with Gasteiger partial charge in [0, 0.05) is 42.4 Å². The van der Waals surface area contributed by atoms with Gasteiger partial charge in [0.15, 0.2) is 4.77 Å². The fraction of sp³-hybridized carbons (Fsp3) is 0.400. The average molecular weight is 380 g/mol. The lowest BCUT2D eigenvalue weighted by atomic mass is 9.95. The molecule has 2 heterocycles. The van der Waals surface area contributed by atoms with E-state index in [-0.39, 0.29) is 28.9 Å². The Morgan fingerprint density at radius 1 is 1.43 bits per heavy atom. The highest BCUT2D eigenvalue weighted by Gasteiger charge is 2.31. The third-order valence-corrected chi connectivity index (χ3v) is 4.75. The molecule has 8 heteroatoms. The van der Waals surface area contributed by atoms with Crippen molar-refractivity contribution in [3.05, 3.63) is 50.5 Å². The summed E-state index contributed by atoms with van der Waals surface area (Å²) in [6.45, 7) is 1.28. The molecule has 1 atom stereocenters. The molecule has 0 saturated carbocycles. The molecule has 0 fully saturated rings. The Morgan fingerprint density at radius 2 is 2.17 bits per heavy atom. The number of nitrogens with one attached hydrogen (secondary N) is 2. The van der Waals surface area contributed by atoms with Crippen LogP contribution in [0.3, 0.4) is 0 Å². The molecule has 126 valence electrons. The Bertz CT molecular complexity index is 773. The molecule has 23 heavy (non-hydrogen) atoms. The first-order chi connectivity index (χ1) is 10.5. The molecule has 0 spiro atoms. The van der Waals surface area contributed by atoms with Crippen LogP contribution in [0.1, 0.15) is 22.9 Å². The van der Waals surface area contributed by atoms with Crippen molar-refractivity contribution in [3.63, 3.8) is 0 Å². The van der Waals surface area contributed by atoms with Crippen LogP contribution < -0.4 is 5.32 Å². The van der Waals surface area contributed by atoms with Crippen LogP contribution in [0.15, 0.2) is 12.1 Å². The molecule has 0 amide bonds. The summed E-state index contributed by atoms with van der Waals surface area (Å²) < 4.78 is 30.8. The molecule has 1 aromatic heterocycles. The summed E-state index contributed by atoms with van der Waals surface area (Å²) in [6.07, 6.45) is 1.36. The van der Waals surface area contributed by atoms with Gasteiger partial charge in [0.2, 0.25) is 0 Å². The molecule has 0 bridgehead atoms. The minimum absolute atomic E-state index is 0. The molecule has 2 aromatic rings. The number of hydrogen-bond acceptors (Lipinski definition) is 2. The Labute approximate surface area is 149 Å². The molecule has 0 aliphatic carbocycles. The van der Waals surface area contributed by atoms with Crippen LogP contribution in [0.4, 0.5) is 8.78 Å². The maximum absolute atomic E-state index is 14.2. The summed E-state index contributed by atoms with van der Waals surface area (Å²) in [5.74, 6) is -1.49. The molecular formula is C15H17Cl2F2N3S. The van der Waals surface area contributed by atoms with Crippen molar-refractivity contribution in [1.29, 1.82) is 0 Å². The molecular weight excluding hydrogens is 363 g/mol. The predicted molar refractivity (Wildman–Crippen MR) is 92.3 cm³/mol. The van der Waals surface area contributed by atoms with Crippen LogP contribution >= 0.6 is 36.2 Å². The second kappa shape index (κ2) is 7.30. The van der Waals surface area contributed by atoms with Gasteiger partial charge in [-0.3, -0.25) is 0 Å². The summed E-state index contributed by atoms with van der Waals surface area (Å²) in [5.41, 5.74) is 2.12.